The van der Waals surface area contributed by atoms with E-state index in [9.17, 15) is 14.3 Å². The Morgan fingerprint density at radius 3 is 2.75 bits per heavy atom. The van der Waals surface area contributed by atoms with Gasteiger partial charge in [-0.1, -0.05) is 0 Å². The average Bonchev–Trinajstić information content (AvgIpc) is 2.62. The van der Waals surface area contributed by atoms with E-state index < -0.39 is 18.4 Å². The monoisotopic (exact) mass is 233 g/mol. The van der Waals surface area contributed by atoms with Crippen molar-refractivity contribution in [1.82, 2.24) is 4.90 Å². The number of ether oxygens (including phenoxy) is 1. The summed E-state index contributed by atoms with van der Waals surface area (Å²) in [5, 5.41) is 9.34. The molecular formula is C11H20FNO3. The lowest BCUT2D eigenvalue weighted by Gasteiger charge is -2.24. The van der Waals surface area contributed by atoms with Crippen molar-refractivity contribution in [3.63, 3.8) is 0 Å². The minimum atomic E-state index is -0.965. The minimum Gasteiger partial charge on any atom is -0.444 e. The van der Waals surface area contributed by atoms with Gasteiger partial charge in [0.1, 0.15) is 12.3 Å². The van der Waals surface area contributed by atoms with Crippen molar-refractivity contribution in [1.29, 1.82) is 0 Å². The molecule has 0 aliphatic carbocycles. The second-order valence-corrected chi connectivity index (χ2v) is 5.20. The number of amides is 1. The number of carbonyl (C=O) groups is 1. The first-order valence-corrected chi connectivity index (χ1v) is 5.55. The van der Waals surface area contributed by atoms with Crippen LogP contribution in [0.4, 0.5) is 9.18 Å². The Balaban J connectivity index is 2.44. The number of rotatable bonds is 2. The van der Waals surface area contributed by atoms with Crippen molar-refractivity contribution >= 4 is 6.09 Å². The lowest BCUT2D eigenvalue weighted by Crippen LogP contribution is -2.36. The van der Waals surface area contributed by atoms with Gasteiger partial charge in [0.05, 0.1) is 6.10 Å². The second kappa shape index (κ2) is 4.99. The fourth-order valence-electron chi connectivity index (χ4n) is 1.72. The van der Waals surface area contributed by atoms with Crippen LogP contribution in [-0.2, 0) is 4.74 Å². The molecule has 5 heteroatoms. The molecule has 0 spiro atoms. The highest BCUT2D eigenvalue weighted by Gasteiger charge is 2.33. The summed E-state index contributed by atoms with van der Waals surface area (Å²) in [6.45, 7) is 5.54. The van der Waals surface area contributed by atoms with Crippen LogP contribution in [0.3, 0.4) is 0 Å². The van der Waals surface area contributed by atoms with Gasteiger partial charge in [-0.15, -0.1) is 0 Å². The molecule has 1 amide bonds. The molecule has 1 rings (SSSR count). The molecule has 2 unspecified atom stereocenters. The summed E-state index contributed by atoms with van der Waals surface area (Å²) >= 11 is 0. The van der Waals surface area contributed by atoms with E-state index in [1.165, 1.54) is 4.90 Å². The summed E-state index contributed by atoms with van der Waals surface area (Å²) in [6.07, 6.45) is -0.724. The number of aliphatic hydroxyl groups is 1. The topological polar surface area (TPSA) is 49.8 Å². The third-order valence-electron chi connectivity index (χ3n) is 2.58. The van der Waals surface area contributed by atoms with E-state index in [0.717, 1.165) is 0 Å². The van der Waals surface area contributed by atoms with Crippen LogP contribution in [0, 0.1) is 5.92 Å². The highest BCUT2D eigenvalue weighted by atomic mass is 19.1. The molecule has 0 bridgehead atoms. The number of nitrogens with zero attached hydrogens (tertiary/aromatic N) is 1. The Morgan fingerprint density at radius 2 is 2.25 bits per heavy atom. The van der Waals surface area contributed by atoms with Crippen LogP contribution in [0.5, 0.6) is 0 Å². The molecule has 1 heterocycles. The van der Waals surface area contributed by atoms with E-state index in [1.807, 2.05) is 0 Å². The first-order chi connectivity index (χ1) is 7.33. The third-order valence-corrected chi connectivity index (χ3v) is 2.58. The predicted molar refractivity (Wildman–Crippen MR) is 57.9 cm³/mol. The van der Waals surface area contributed by atoms with Crippen LogP contribution in [0.15, 0.2) is 0 Å². The fraction of sp³-hybridized carbons (Fsp3) is 0.909. The van der Waals surface area contributed by atoms with Crippen molar-refractivity contribution < 1.29 is 19.0 Å². The lowest BCUT2D eigenvalue weighted by molar-refractivity contribution is 0.0259. The van der Waals surface area contributed by atoms with Crippen molar-refractivity contribution in [2.24, 2.45) is 5.92 Å². The van der Waals surface area contributed by atoms with Crippen LogP contribution < -0.4 is 0 Å². The number of likely N-dealkylation sites (tertiary alicyclic amines) is 1. The Labute approximate surface area is 95.4 Å². The molecule has 0 aromatic carbocycles. The zero-order valence-corrected chi connectivity index (χ0v) is 10.1. The van der Waals surface area contributed by atoms with Crippen molar-refractivity contribution in [3.8, 4) is 0 Å². The van der Waals surface area contributed by atoms with Crippen molar-refractivity contribution in [2.45, 2.75) is 38.9 Å². The van der Waals surface area contributed by atoms with Gasteiger partial charge in [-0.25, -0.2) is 9.18 Å². The Morgan fingerprint density at radius 1 is 1.62 bits per heavy atom. The first-order valence-electron chi connectivity index (χ1n) is 5.55. The maximum Gasteiger partial charge on any atom is 0.410 e. The summed E-state index contributed by atoms with van der Waals surface area (Å²) in [4.78, 5) is 13.2. The van der Waals surface area contributed by atoms with E-state index >= 15 is 0 Å². The third kappa shape index (κ3) is 3.63. The molecule has 1 aliphatic heterocycles. The lowest BCUT2D eigenvalue weighted by atomic mass is 10.0. The van der Waals surface area contributed by atoms with Gasteiger partial charge in [-0.2, -0.15) is 0 Å². The SMILES string of the molecule is CC(C)(C)OC(=O)N1CCC(C(O)CF)C1. The van der Waals surface area contributed by atoms with Gasteiger partial charge in [0.15, 0.2) is 0 Å². The molecule has 0 radical (unpaired) electrons. The molecule has 0 saturated carbocycles. The van der Waals surface area contributed by atoms with Gasteiger partial charge < -0.3 is 14.7 Å². The Kier molecular flexibility index (Phi) is 4.13. The van der Waals surface area contributed by atoms with E-state index in [2.05, 4.69) is 0 Å². The number of carbonyl (C=O) groups excluding carboxylic acids is 1. The van der Waals surface area contributed by atoms with Crippen molar-refractivity contribution in [2.75, 3.05) is 19.8 Å². The first kappa shape index (κ1) is 13.2. The van der Waals surface area contributed by atoms with Crippen LogP contribution in [0.2, 0.25) is 0 Å². The molecule has 2 atom stereocenters. The number of halogens is 1. The maximum absolute atomic E-state index is 12.3. The summed E-state index contributed by atoms with van der Waals surface area (Å²) in [6, 6.07) is 0. The average molecular weight is 233 g/mol. The maximum atomic E-state index is 12.3. The summed E-state index contributed by atoms with van der Waals surface area (Å²) < 4.78 is 17.4. The van der Waals surface area contributed by atoms with Crippen LogP contribution >= 0.6 is 0 Å². The molecule has 4 nitrogen and oxygen atoms in total. The molecule has 1 fully saturated rings. The fourth-order valence-corrected chi connectivity index (χ4v) is 1.72. The molecule has 1 N–H and O–H groups in total. The molecule has 0 aromatic heterocycles. The van der Waals surface area contributed by atoms with Gasteiger partial charge in [-0.05, 0) is 27.2 Å². The highest BCUT2D eigenvalue weighted by molar-refractivity contribution is 5.68. The molecular weight excluding hydrogens is 213 g/mol. The quantitative estimate of drug-likeness (QED) is 0.787. The highest BCUT2D eigenvalue weighted by Crippen LogP contribution is 2.22. The van der Waals surface area contributed by atoms with Crippen molar-refractivity contribution in [3.05, 3.63) is 0 Å². The van der Waals surface area contributed by atoms with Crippen LogP contribution in [-0.4, -0.2) is 47.6 Å². The van der Waals surface area contributed by atoms with Gasteiger partial charge in [0.25, 0.3) is 0 Å². The standard InChI is InChI=1S/C11H20FNO3/c1-11(2,3)16-10(15)13-5-4-8(7-13)9(14)6-12/h8-9,14H,4-7H2,1-3H3. The molecule has 16 heavy (non-hydrogen) atoms. The van der Waals surface area contributed by atoms with Crippen LogP contribution in [0.25, 0.3) is 0 Å². The summed E-state index contributed by atoms with van der Waals surface area (Å²) in [7, 11) is 0. The Hall–Kier alpha value is -0.840. The normalized spacial score (nSPS) is 23.3. The van der Waals surface area contributed by atoms with Gasteiger partial charge in [0, 0.05) is 19.0 Å². The van der Waals surface area contributed by atoms with E-state index in [1.54, 1.807) is 20.8 Å². The van der Waals surface area contributed by atoms with Crippen LogP contribution in [0.1, 0.15) is 27.2 Å². The Bertz CT molecular complexity index is 252. The molecule has 94 valence electrons. The molecule has 1 saturated heterocycles. The zero-order chi connectivity index (χ0) is 12.3. The van der Waals surface area contributed by atoms with E-state index in [-0.39, 0.29) is 12.0 Å². The number of alkyl halides is 1. The largest absolute Gasteiger partial charge is 0.444 e. The molecule has 0 aromatic rings. The zero-order valence-electron chi connectivity index (χ0n) is 10.1. The summed E-state index contributed by atoms with van der Waals surface area (Å²) in [5.41, 5.74) is -0.520. The smallest absolute Gasteiger partial charge is 0.410 e. The molecule has 1 aliphatic rings. The van der Waals surface area contributed by atoms with E-state index in [4.69, 9.17) is 4.74 Å². The van der Waals surface area contributed by atoms with Gasteiger partial charge >= 0.3 is 6.09 Å². The number of hydrogen-bond acceptors (Lipinski definition) is 3. The number of hydrogen-bond donors (Lipinski definition) is 1. The van der Waals surface area contributed by atoms with E-state index in [0.29, 0.717) is 19.5 Å². The minimum absolute atomic E-state index is 0.169. The number of aliphatic hydroxyl groups excluding tert-OH is 1. The van der Waals surface area contributed by atoms with Gasteiger partial charge in [-0.3, -0.25) is 0 Å². The summed E-state index contributed by atoms with van der Waals surface area (Å²) in [5.74, 6) is -0.169. The predicted octanol–water partition coefficient (Wildman–Crippen LogP) is 1.57. The second-order valence-electron chi connectivity index (χ2n) is 5.20. The van der Waals surface area contributed by atoms with Gasteiger partial charge in [0.2, 0.25) is 0 Å².